The maximum absolute atomic E-state index is 13.2. The number of halogens is 3. The first kappa shape index (κ1) is 21.0. The van der Waals surface area contributed by atoms with Gasteiger partial charge in [0, 0.05) is 24.5 Å². The fourth-order valence-electron chi connectivity index (χ4n) is 3.00. The monoisotopic (exact) mass is 430 g/mol. The zero-order valence-electron chi connectivity index (χ0n) is 16.8. The third-order valence-corrected chi connectivity index (χ3v) is 4.88. The van der Waals surface area contributed by atoms with Gasteiger partial charge in [0.15, 0.2) is 0 Å². The molecule has 162 valence electrons. The summed E-state index contributed by atoms with van der Waals surface area (Å²) in [6.07, 6.45) is -1.57. The van der Waals surface area contributed by atoms with Gasteiger partial charge >= 0.3 is 6.18 Å². The molecule has 1 aliphatic heterocycles. The molecular formula is C22H21F3N4O2. The number of benzene rings is 1. The van der Waals surface area contributed by atoms with Crippen LogP contribution in [0, 0.1) is 0 Å². The third-order valence-electron chi connectivity index (χ3n) is 4.88. The fraction of sp³-hybridized carbons (Fsp3) is 0.318. The van der Waals surface area contributed by atoms with E-state index in [0.29, 0.717) is 6.54 Å². The zero-order valence-corrected chi connectivity index (χ0v) is 16.8. The van der Waals surface area contributed by atoms with E-state index in [1.54, 1.807) is 6.20 Å². The molecule has 0 atom stereocenters. The Hall–Kier alpha value is -3.20. The maximum atomic E-state index is 13.2. The van der Waals surface area contributed by atoms with Crippen molar-refractivity contribution in [2.45, 2.75) is 32.2 Å². The number of hydrogen-bond donors (Lipinski definition) is 1. The number of nitrogens with zero attached hydrogens (tertiary/aromatic N) is 3. The minimum atomic E-state index is -4.60. The molecule has 0 aliphatic carbocycles. The molecular weight excluding hydrogens is 409 g/mol. The van der Waals surface area contributed by atoms with Gasteiger partial charge in [-0.1, -0.05) is 31.2 Å². The molecule has 0 spiro atoms. The minimum absolute atomic E-state index is 0.0598. The largest absolute Gasteiger partial charge is 0.469 e. The first-order valence-electron chi connectivity index (χ1n) is 9.89. The lowest BCUT2D eigenvalue weighted by molar-refractivity contribution is -0.142. The molecule has 3 heterocycles. The summed E-state index contributed by atoms with van der Waals surface area (Å²) in [4.78, 5) is 12.1. The van der Waals surface area contributed by atoms with Crippen molar-refractivity contribution in [2.75, 3.05) is 18.5 Å². The number of pyridine rings is 1. The Morgan fingerprint density at radius 2 is 1.87 bits per heavy atom. The summed E-state index contributed by atoms with van der Waals surface area (Å²) in [6.45, 7) is 2.92. The number of alkyl halides is 3. The van der Waals surface area contributed by atoms with Gasteiger partial charge in [0.25, 0.3) is 0 Å². The molecule has 31 heavy (non-hydrogen) atoms. The van der Waals surface area contributed by atoms with Gasteiger partial charge in [-0.3, -0.25) is 4.98 Å². The van der Waals surface area contributed by atoms with Crippen LogP contribution >= 0.6 is 0 Å². The smallest absolute Gasteiger partial charge is 0.423 e. The van der Waals surface area contributed by atoms with Crippen LogP contribution in [-0.2, 0) is 23.9 Å². The summed E-state index contributed by atoms with van der Waals surface area (Å²) in [6, 6.07) is 11.8. The molecule has 0 saturated carbocycles. The van der Waals surface area contributed by atoms with Crippen molar-refractivity contribution in [1.29, 1.82) is 0 Å². The second-order valence-corrected chi connectivity index (χ2v) is 7.14. The Balaban J connectivity index is 1.45. The van der Waals surface area contributed by atoms with Crippen molar-refractivity contribution in [3.63, 3.8) is 0 Å². The van der Waals surface area contributed by atoms with Crippen molar-refractivity contribution in [2.24, 2.45) is 0 Å². The van der Waals surface area contributed by atoms with Crippen LogP contribution in [0.1, 0.15) is 23.6 Å². The highest BCUT2D eigenvalue weighted by Crippen LogP contribution is 2.36. The van der Waals surface area contributed by atoms with Crippen molar-refractivity contribution in [3.8, 4) is 17.1 Å². The van der Waals surface area contributed by atoms with Gasteiger partial charge in [0.05, 0.1) is 18.9 Å². The lowest BCUT2D eigenvalue weighted by Crippen LogP contribution is -2.39. The molecule has 0 unspecified atom stereocenters. The lowest BCUT2D eigenvalue weighted by atomic mass is 10.1. The summed E-state index contributed by atoms with van der Waals surface area (Å²) in [5.41, 5.74) is 3.02. The predicted molar refractivity (Wildman–Crippen MR) is 109 cm³/mol. The van der Waals surface area contributed by atoms with Crippen LogP contribution in [0.5, 0.6) is 5.88 Å². The molecule has 1 aliphatic rings. The van der Waals surface area contributed by atoms with Crippen LogP contribution in [0.15, 0.2) is 48.8 Å². The van der Waals surface area contributed by atoms with Crippen LogP contribution < -0.4 is 10.1 Å². The zero-order chi connectivity index (χ0) is 21.8. The third kappa shape index (κ3) is 5.11. The molecule has 9 heteroatoms. The van der Waals surface area contributed by atoms with E-state index in [2.05, 4.69) is 33.3 Å². The van der Waals surface area contributed by atoms with E-state index >= 15 is 0 Å². The van der Waals surface area contributed by atoms with Crippen molar-refractivity contribution < 1.29 is 22.6 Å². The van der Waals surface area contributed by atoms with E-state index in [0.717, 1.165) is 29.4 Å². The molecule has 1 N–H and O–H groups in total. The van der Waals surface area contributed by atoms with E-state index in [1.165, 1.54) is 5.56 Å². The molecule has 0 bridgehead atoms. The Kier molecular flexibility index (Phi) is 6.03. The van der Waals surface area contributed by atoms with Gasteiger partial charge in [-0.15, -0.1) is 0 Å². The van der Waals surface area contributed by atoms with Crippen LogP contribution in [0.25, 0.3) is 11.3 Å². The van der Waals surface area contributed by atoms with Crippen LogP contribution in [-0.4, -0.2) is 34.3 Å². The van der Waals surface area contributed by atoms with E-state index in [-0.39, 0.29) is 19.2 Å². The second-order valence-electron chi connectivity index (χ2n) is 7.14. The Morgan fingerprint density at radius 1 is 1.10 bits per heavy atom. The summed E-state index contributed by atoms with van der Waals surface area (Å²) < 4.78 is 49.9. The topological polar surface area (TPSA) is 69.2 Å². The summed E-state index contributed by atoms with van der Waals surface area (Å²) in [7, 11) is 0. The van der Waals surface area contributed by atoms with E-state index < -0.39 is 23.7 Å². The second kappa shape index (κ2) is 8.89. The van der Waals surface area contributed by atoms with Crippen molar-refractivity contribution >= 4 is 5.95 Å². The Bertz CT molecular complexity index is 1040. The lowest BCUT2D eigenvalue weighted by Gasteiger charge is -2.27. The minimum Gasteiger partial charge on any atom is -0.469 e. The van der Waals surface area contributed by atoms with E-state index in [9.17, 15) is 13.2 Å². The Labute approximate surface area is 177 Å². The molecule has 6 nitrogen and oxygen atoms in total. The SMILES string of the molecule is CCc1ccnc(-c2ccc(CNc3ncc(C(F)(F)F)c(OC4COC4)n3)cc2)c1. The van der Waals surface area contributed by atoms with Crippen molar-refractivity contribution in [3.05, 3.63) is 65.5 Å². The fourth-order valence-corrected chi connectivity index (χ4v) is 3.00. The first-order chi connectivity index (χ1) is 14.9. The number of rotatable bonds is 7. The molecule has 0 radical (unpaired) electrons. The maximum Gasteiger partial charge on any atom is 0.423 e. The van der Waals surface area contributed by atoms with Gasteiger partial charge in [0.2, 0.25) is 11.8 Å². The van der Waals surface area contributed by atoms with E-state index in [1.807, 2.05) is 30.3 Å². The highest BCUT2D eigenvalue weighted by atomic mass is 19.4. The average Bonchev–Trinajstić information content (AvgIpc) is 2.74. The molecule has 1 saturated heterocycles. The van der Waals surface area contributed by atoms with Crippen LogP contribution in [0.4, 0.5) is 19.1 Å². The standard InChI is InChI=1S/C22H21F3N4O2/c1-2-14-7-8-26-19(9-14)16-5-3-15(4-6-16)10-27-21-28-11-18(22(23,24)25)20(29-21)31-17-12-30-13-17/h3-9,11,17H,2,10,12-13H2,1H3,(H,27,28,29). The predicted octanol–water partition coefficient (Wildman–Crippen LogP) is 4.51. The summed E-state index contributed by atoms with van der Waals surface area (Å²) >= 11 is 0. The summed E-state index contributed by atoms with van der Waals surface area (Å²) in [5.74, 6) is -0.430. The average molecular weight is 430 g/mol. The van der Waals surface area contributed by atoms with Gasteiger partial charge in [-0.05, 0) is 29.7 Å². The normalized spacial score (nSPS) is 14.2. The van der Waals surface area contributed by atoms with E-state index in [4.69, 9.17) is 9.47 Å². The highest BCUT2D eigenvalue weighted by molar-refractivity contribution is 5.60. The highest BCUT2D eigenvalue weighted by Gasteiger charge is 2.37. The number of hydrogen-bond acceptors (Lipinski definition) is 6. The molecule has 2 aromatic heterocycles. The molecule has 4 rings (SSSR count). The van der Waals surface area contributed by atoms with Gasteiger partial charge in [-0.25, -0.2) is 4.98 Å². The van der Waals surface area contributed by atoms with Crippen LogP contribution in [0.3, 0.4) is 0 Å². The number of aromatic nitrogens is 3. The summed E-state index contributed by atoms with van der Waals surface area (Å²) in [5, 5.41) is 2.95. The number of ether oxygens (including phenoxy) is 2. The molecule has 3 aromatic rings. The molecule has 1 fully saturated rings. The molecule has 1 aromatic carbocycles. The van der Waals surface area contributed by atoms with Crippen LogP contribution in [0.2, 0.25) is 0 Å². The number of anilines is 1. The number of aryl methyl sites for hydroxylation is 1. The first-order valence-corrected chi connectivity index (χ1v) is 9.89. The van der Waals surface area contributed by atoms with Crippen molar-refractivity contribution in [1.82, 2.24) is 15.0 Å². The quantitative estimate of drug-likeness (QED) is 0.595. The molecule has 0 amide bonds. The number of nitrogens with one attached hydrogen (secondary N) is 1. The van der Waals surface area contributed by atoms with Gasteiger partial charge in [0.1, 0.15) is 11.7 Å². The Morgan fingerprint density at radius 3 is 2.52 bits per heavy atom. The van der Waals surface area contributed by atoms with Gasteiger partial charge in [-0.2, -0.15) is 18.2 Å². The van der Waals surface area contributed by atoms with Gasteiger partial charge < -0.3 is 14.8 Å².